The maximum atomic E-state index is 11.9. The number of carbonyl (C=O) groups is 1. The van der Waals surface area contributed by atoms with E-state index in [2.05, 4.69) is 21.2 Å². The van der Waals surface area contributed by atoms with E-state index in [0.29, 0.717) is 5.69 Å². The minimum atomic E-state index is -0.337. The summed E-state index contributed by atoms with van der Waals surface area (Å²) in [6.45, 7) is 1.95. The molecule has 2 aromatic carbocycles. The molecular formula is C16H17N5O. The number of urea groups is 1. The van der Waals surface area contributed by atoms with Crippen LogP contribution in [0.15, 0.2) is 48.5 Å². The Bertz CT molecular complexity index is 810. The number of aryl methyl sites for hydroxylation is 2. The highest BCUT2D eigenvalue weighted by Crippen LogP contribution is 2.19. The second kappa shape index (κ2) is 5.77. The van der Waals surface area contributed by atoms with Crippen LogP contribution in [-0.4, -0.2) is 15.6 Å². The molecule has 0 saturated carbocycles. The number of benzene rings is 2. The van der Waals surface area contributed by atoms with Gasteiger partial charge in [0.1, 0.15) is 5.82 Å². The van der Waals surface area contributed by atoms with Crippen LogP contribution in [-0.2, 0) is 7.05 Å². The number of nitrogens with zero attached hydrogens (tertiary/aromatic N) is 2. The van der Waals surface area contributed by atoms with Crippen LogP contribution in [0.3, 0.4) is 0 Å². The molecule has 112 valence electrons. The van der Waals surface area contributed by atoms with E-state index in [1.54, 1.807) is 0 Å². The zero-order valence-electron chi connectivity index (χ0n) is 12.4. The summed E-state index contributed by atoms with van der Waals surface area (Å²) < 4.78 is 2.01. The average molecular weight is 295 g/mol. The highest BCUT2D eigenvalue weighted by molar-refractivity contribution is 5.92. The Labute approximate surface area is 128 Å². The Balaban J connectivity index is 1.66. The van der Waals surface area contributed by atoms with Crippen molar-refractivity contribution in [2.24, 2.45) is 7.05 Å². The molecule has 1 aromatic heterocycles. The number of aromatic nitrogens is 2. The van der Waals surface area contributed by atoms with E-state index in [1.165, 1.54) is 0 Å². The Hall–Kier alpha value is -3.02. The van der Waals surface area contributed by atoms with Crippen molar-refractivity contribution in [2.45, 2.75) is 6.92 Å². The van der Waals surface area contributed by atoms with E-state index in [-0.39, 0.29) is 6.03 Å². The largest absolute Gasteiger partial charge is 0.337 e. The first-order valence-corrected chi connectivity index (χ1v) is 6.94. The lowest BCUT2D eigenvalue weighted by molar-refractivity contribution is 0.254. The molecule has 3 rings (SSSR count). The summed E-state index contributed by atoms with van der Waals surface area (Å²) in [6, 6.07) is 14.7. The van der Waals surface area contributed by atoms with E-state index < -0.39 is 0 Å². The first-order chi connectivity index (χ1) is 10.6. The van der Waals surface area contributed by atoms with Gasteiger partial charge < -0.3 is 9.88 Å². The summed E-state index contributed by atoms with van der Waals surface area (Å²) in [6.07, 6.45) is 0. The van der Waals surface area contributed by atoms with Gasteiger partial charge in [0, 0.05) is 12.7 Å². The Morgan fingerprint density at radius 3 is 2.64 bits per heavy atom. The minimum absolute atomic E-state index is 0.337. The molecule has 0 fully saturated rings. The number of para-hydroxylation sites is 1. The van der Waals surface area contributed by atoms with Crippen molar-refractivity contribution >= 4 is 28.4 Å². The van der Waals surface area contributed by atoms with Gasteiger partial charge in [0.2, 0.25) is 0 Å². The first-order valence-electron chi connectivity index (χ1n) is 6.94. The minimum Gasteiger partial charge on any atom is -0.331 e. The highest BCUT2D eigenvalue weighted by atomic mass is 16.2. The molecular weight excluding hydrogens is 278 g/mol. The van der Waals surface area contributed by atoms with Crippen LogP contribution in [0.4, 0.5) is 16.2 Å². The van der Waals surface area contributed by atoms with E-state index in [1.807, 2.05) is 67.1 Å². The molecule has 3 N–H and O–H groups in total. The summed E-state index contributed by atoms with van der Waals surface area (Å²) in [4.78, 5) is 16.3. The van der Waals surface area contributed by atoms with Crippen molar-refractivity contribution < 1.29 is 4.79 Å². The topological polar surface area (TPSA) is 71.0 Å². The van der Waals surface area contributed by atoms with Crippen LogP contribution in [0.25, 0.3) is 11.0 Å². The molecule has 0 aliphatic heterocycles. The monoisotopic (exact) mass is 295 g/mol. The van der Waals surface area contributed by atoms with Gasteiger partial charge in [-0.2, -0.15) is 0 Å². The summed E-state index contributed by atoms with van der Waals surface area (Å²) in [5, 5.41) is 2.77. The van der Waals surface area contributed by atoms with Gasteiger partial charge in [-0.1, -0.05) is 18.2 Å². The molecule has 0 unspecified atom stereocenters. The summed E-state index contributed by atoms with van der Waals surface area (Å²) in [5.41, 5.74) is 8.81. The fraction of sp³-hybridized carbons (Fsp3) is 0.125. The first kappa shape index (κ1) is 13.9. The number of anilines is 2. The molecule has 0 spiro atoms. The van der Waals surface area contributed by atoms with Gasteiger partial charge in [0.25, 0.3) is 0 Å². The molecule has 0 radical (unpaired) electrons. The van der Waals surface area contributed by atoms with Crippen LogP contribution < -0.4 is 16.2 Å². The summed E-state index contributed by atoms with van der Waals surface area (Å²) in [5.74, 6) is 0.933. The Kier molecular flexibility index (Phi) is 3.65. The van der Waals surface area contributed by atoms with Crippen LogP contribution in [0, 0.1) is 6.92 Å². The van der Waals surface area contributed by atoms with Gasteiger partial charge in [-0.3, -0.25) is 10.9 Å². The average Bonchev–Trinajstić information content (AvgIpc) is 2.81. The molecule has 0 bridgehead atoms. The van der Waals surface area contributed by atoms with E-state index in [0.717, 1.165) is 22.5 Å². The van der Waals surface area contributed by atoms with Crippen molar-refractivity contribution in [1.82, 2.24) is 15.0 Å². The number of imidazole rings is 1. The van der Waals surface area contributed by atoms with Crippen LogP contribution in [0.2, 0.25) is 0 Å². The number of fused-ring (bicyclic) bond motifs is 1. The predicted octanol–water partition coefficient (Wildman–Crippen LogP) is 3.03. The van der Waals surface area contributed by atoms with Gasteiger partial charge in [-0.25, -0.2) is 9.78 Å². The molecule has 6 nitrogen and oxygen atoms in total. The SMILES string of the molecule is Cc1nc2cc(NC(=O)NNc3ccccc3)ccc2n1C. The van der Waals surface area contributed by atoms with E-state index in [9.17, 15) is 4.79 Å². The maximum Gasteiger partial charge on any atom is 0.337 e. The molecule has 3 aromatic rings. The van der Waals surface area contributed by atoms with E-state index in [4.69, 9.17) is 0 Å². The van der Waals surface area contributed by atoms with Crippen molar-refractivity contribution in [2.75, 3.05) is 10.7 Å². The zero-order valence-corrected chi connectivity index (χ0v) is 12.4. The standard InChI is InChI=1S/C16H17N5O/c1-11-17-14-10-13(8-9-15(14)21(11)2)18-16(22)20-19-12-6-4-3-5-7-12/h3-10,19H,1-2H3,(H2,18,20,22). The highest BCUT2D eigenvalue weighted by Gasteiger charge is 2.06. The van der Waals surface area contributed by atoms with Gasteiger partial charge in [0.05, 0.1) is 16.7 Å². The van der Waals surface area contributed by atoms with Crippen molar-refractivity contribution in [1.29, 1.82) is 0 Å². The third-order valence-electron chi connectivity index (χ3n) is 3.46. The number of nitrogens with one attached hydrogen (secondary N) is 3. The second-order valence-corrected chi connectivity index (χ2v) is 4.99. The second-order valence-electron chi connectivity index (χ2n) is 4.99. The van der Waals surface area contributed by atoms with Gasteiger partial charge in [-0.05, 0) is 37.3 Å². The lowest BCUT2D eigenvalue weighted by atomic mass is 10.3. The number of hydrogen-bond acceptors (Lipinski definition) is 3. The summed E-state index contributed by atoms with van der Waals surface area (Å²) in [7, 11) is 1.97. The van der Waals surface area contributed by atoms with Crippen molar-refractivity contribution in [3.8, 4) is 0 Å². The number of amides is 2. The molecule has 22 heavy (non-hydrogen) atoms. The Morgan fingerprint density at radius 1 is 1.09 bits per heavy atom. The summed E-state index contributed by atoms with van der Waals surface area (Å²) >= 11 is 0. The molecule has 0 saturated heterocycles. The number of hydrogen-bond donors (Lipinski definition) is 3. The number of carbonyl (C=O) groups excluding carboxylic acids is 1. The molecule has 0 aliphatic rings. The smallest absolute Gasteiger partial charge is 0.331 e. The maximum absolute atomic E-state index is 11.9. The molecule has 0 atom stereocenters. The van der Waals surface area contributed by atoms with Crippen LogP contribution in [0.1, 0.15) is 5.82 Å². The molecule has 2 amide bonds. The fourth-order valence-corrected chi connectivity index (χ4v) is 2.21. The van der Waals surface area contributed by atoms with Gasteiger partial charge in [0.15, 0.2) is 0 Å². The third kappa shape index (κ3) is 2.85. The lowest BCUT2D eigenvalue weighted by Crippen LogP contribution is -2.33. The lowest BCUT2D eigenvalue weighted by Gasteiger charge is -2.09. The third-order valence-corrected chi connectivity index (χ3v) is 3.46. The van der Waals surface area contributed by atoms with Crippen LogP contribution in [0.5, 0.6) is 0 Å². The van der Waals surface area contributed by atoms with Crippen molar-refractivity contribution in [3.05, 3.63) is 54.4 Å². The fourth-order valence-electron chi connectivity index (χ4n) is 2.21. The van der Waals surface area contributed by atoms with Gasteiger partial charge in [-0.15, -0.1) is 0 Å². The molecule has 0 aliphatic carbocycles. The Morgan fingerprint density at radius 2 is 1.86 bits per heavy atom. The van der Waals surface area contributed by atoms with E-state index >= 15 is 0 Å². The van der Waals surface area contributed by atoms with Crippen LogP contribution >= 0.6 is 0 Å². The van der Waals surface area contributed by atoms with Gasteiger partial charge >= 0.3 is 6.03 Å². The normalized spacial score (nSPS) is 10.5. The number of rotatable bonds is 3. The predicted molar refractivity (Wildman–Crippen MR) is 87.7 cm³/mol. The van der Waals surface area contributed by atoms with Crippen molar-refractivity contribution in [3.63, 3.8) is 0 Å². The quantitative estimate of drug-likeness (QED) is 0.650. The molecule has 6 heteroatoms. The zero-order chi connectivity index (χ0) is 15.5. The molecule has 1 heterocycles. The number of hydrazine groups is 1.